The normalized spacial score (nSPS) is 10.6. The van der Waals surface area contributed by atoms with Crippen LogP contribution < -0.4 is 0 Å². The van der Waals surface area contributed by atoms with E-state index >= 15 is 0 Å². The summed E-state index contributed by atoms with van der Waals surface area (Å²) in [6.07, 6.45) is 4.65. The van der Waals surface area contributed by atoms with Crippen LogP contribution in [0, 0.1) is 0 Å². The van der Waals surface area contributed by atoms with E-state index in [9.17, 15) is 19.8 Å². The average molecular weight is 313 g/mol. The van der Waals surface area contributed by atoms with Crippen molar-refractivity contribution in [3.05, 3.63) is 33.3 Å². The van der Waals surface area contributed by atoms with Crippen LogP contribution in [0.4, 0.5) is 0 Å². The van der Waals surface area contributed by atoms with E-state index in [0.717, 1.165) is 31.2 Å². The molecule has 2 N–H and O–H groups in total. The third kappa shape index (κ3) is 4.21. The van der Waals surface area contributed by atoms with Gasteiger partial charge in [0, 0.05) is 5.02 Å². The molecule has 0 radical (unpaired) electrons. The summed E-state index contributed by atoms with van der Waals surface area (Å²) in [6, 6.07) is 1.42. The van der Waals surface area contributed by atoms with Crippen LogP contribution in [0.25, 0.3) is 0 Å². The topological polar surface area (TPSA) is 74.6 Å². The van der Waals surface area contributed by atoms with Crippen molar-refractivity contribution in [3.8, 4) is 0 Å². The van der Waals surface area contributed by atoms with Crippen molar-refractivity contribution in [1.82, 2.24) is 0 Å². The second-order valence-corrected chi connectivity index (χ2v) is 5.45. The first-order valence-corrected chi connectivity index (χ1v) is 7.62. The number of hydrogen-bond donors (Lipinski definition) is 2. The molecule has 0 fully saturated rings. The standard InChI is InChI=1S/C16H21ClO4/c1-3-5-7-10-9-12(15(18)19)13(16(20)21)11(14(10)17)8-6-4-2/h9H,3-8H2,1-2H3,(H,18,19)(H,20,21). The minimum atomic E-state index is -1.23. The fraction of sp³-hybridized carbons (Fsp3) is 0.500. The van der Waals surface area contributed by atoms with E-state index in [0.29, 0.717) is 23.4 Å². The lowest BCUT2D eigenvalue weighted by Gasteiger charge is -2.15. The van der Waals surface area contributed by atoms with Crippen LogP contribution in [0.15, 0.2) is 6.07 Å². The van der Waals surface area contributed by atoms with E-state index in [-0.39, 0.29) is 11.1 Å². The highest BCUT2D eigenvalue weighted by Gasteiger charge is 2.24. The van der Waals surface area contributed by atoms with Crippen molar-refractivity contribution in [2.75, 3.05) is 0 Å². The van der Waals surface area contributed by atoms with Gasteiger partial charge in [0.15, 0.2) is 0 Å². The Morgan fingerprint density at radius 2 is 1.62 bits per heavy atom. The van der Waals surface area contributed by atoms with Gasteiger partial charge < -0.3 is 10.2 Å². The Labute approximate surface area is 129 Å². The van der Waals surface area contributed by atoms with Crippen molar-refractivity contribution in [2.45, 2.75) is 52.4 Å². The minimum absolute atomic E-state index is 0.163. The van der Waals surface area contributed by atoms with Crippen LogP contribution in [0.2, 0.25) is 5.02 Å². The summed E-state index contributed by atoms with van der Waals surface area (Å²) < 4.78 is 0. The second kappa shape index (κ2) is 8.03. The van der Waals surface area contributed by atoms with Gasteiger partial charge in [-0.3, -0.25) is 0 Å². The lowest BCUT2D eigenvalue weighted by atomic mass is 9.92. The van der Waals surface area contributed by atoms with Crippen molar-refractivity contribution in [2.24, 2.45) is 0 Å². The van der Waals surface area contributed by atoms with Crippen molar-refractivity contribution in [3.63, 3.8) is 0 Å². The largest absolute Gasteiger partial charge is 0.478 e. The van der Waals surface area contributed by atoms with Gasteiger partial charge in [0.05, 0.1) is 11.1 Å². The number of carboxylic acid groups (broad SMARTS) is 2. The quantitative estimate of drug-likeness (QED) is 0.745. The molecule has 0 amide bonds. The van der Waals surface area contributed by atoms with Gasteiger partial charge in [-0.15, -0.1) is 0 Å². The molecule has 0 aliphatic carbocycles. The van der Waals surface area contributed by atoms with Gasteiger partial charge in [0.2, 0.25) is 0 Å². The number of benzene rings is 1. The van der Waals surface area contributed by atoms with Crippen LogP contribution in [-0.4, -0.2) is 22.2 Å². The number of aryl methyl sites for hydroxylation is 1. The molecular weight excluding hydrogens is 292 g/mol. The maximum atomic E-state index is 11.5. The van der Waals surface area contributed by atoms with Gasteiger partial charge in [-0.1, -0.05) is 38.3 Å². The number of unbranched alkanes of at least 4 members (excludes halogenated alkanes) is 2. The van der Waals surface area contributed by atoms with Gasteiger partial charge in [0.1, 0.15) is 0 Å². The van der Waals surface area contributed by atoms with E-state index < -0.39 is 11.9 Å². The molecule has 1 aromatic carbocycles. The molecule has 0 heterocycles. The van der Waals surface area contributed by atoms with Crippen molar-refractivity contribution < 1.29 is 19.8 Å². The summed E-state index contributed by atoms with van der Waals surface area (Å²) in [5, 5.41) is 19.1. The van der Waals surface area contributed by atoms with E-state index in [1.54, 1.807) is 0 Å². The first-order chi connectivity index (χ1) is 9.93. The highest BCUT2D eigenvalue weighted by atomic mass is 35.5. The molecule has 5 heteroatoms. The number of rotatable bonds is 8. The average Bonchev–Trinajstić information content (AvgIpc) is 2.43. The molecule has 0 spiro atoms. The highest BCUT2D eigenvalue weighted by Crippen LogP contribution is 2.31. The van der Waals surface area contributed by atoms with Crippen molar-refractivity contribution >= 4 is 23.5 Å². The van der Waals surface area contributed by atoms with Gasteiger partial charge in [-0.2, -0.15) is 0 Å². The molecule has 0 unspecified atom stereocenters. The number of carboxylic acids is 2. The molecular formula is C16H21ClO4. The second-order valence-electron chi connectivity index (χ2n) is 5.07. The smallest absolute Gasteiger partial charge is 0.336 e. The fourth-order valence-electron chi connectivity index (χ4n) is 2.33. The molecule has 1 aromatic rings. The molecule has 0 atom stereocenters. The van der Waals surface area contributed by atoms with Crippen LogP contribution in [-0.2, 0) is 12.8 Å². The molecule has 0 aliphatic heterocycles. The summed E-state index contributed by atoms with van der Waals surface area (Å²) in [4.78, 5) is 22.8. The summed E-state index contributed by atoms with van der Waals surface area (Å²) in [7, 11) is 0. The number of aromatic carboxylic acids is 2. The Balaban J connectivity index is 3.48. The Morgan fingerprint density at radius 1 is 1.05 bits per heavy atom. The maximum Gasteiger partial charge on any atom is 0.336 e. The predicted octanol–water partition coefficient (Wildman–Crippen LogP) is 4.42. The van der Waals surface area contributed by atoms with E-state index in [1.807, 2.05) is 13.8 Å². The Morgan fingerprint density at radius 3 is 2.10 bits per heavy atom. The number of carbonyl (C=O) groups is 2. The van der Waals surface area contributed by atoms with Gasteiger partial charge >= 0.3 is 11.9 Å². The van der Waals surface area contributed by atoms with E-state index in [1.165, 1.54) is 6.07 Å². The van der Waals surface area contributed by atoms with Gasteiger partial charge in [-0.25, -0.2) is 9.59 Å². The Hall–Kier alpha value is -1.55. The lowest BCUT2D eigenvalue weighted by Crippen LogP contribution is -2.14. The predicted molar refractivity (Wildman–Crippen MR) is 82.6 cm³/mol. The summed E-state index contributed by atoms with van der Waals surface area (Å²) >= 11 is 6.35. The molecule has 0 saturated heterocycles. The molecule has 0 aliphatic rings. The number of hydrogen-bond acceptors (Lipinski definition) is 2. The maximum absolute atomic E-state index is 11.5. The first-order valence-electron chi connectivity index (χ1n) is 7.24. The Bertz CT molecular complexity index is 538. The molecule has 0 bridgehead atoms. The molecule has 4 nitrogen and oxygen atoms in total. The van der Waals surface area contributed by atoms with Crippen LogP contribution in [0.5, 0.6) is 0 Å². The lowest BCUT2D eigenvalue weighted by molar-refractivity contribution is 0.0650. The molecule has 0 saturated carbocycles. The van der Waals surface area contributed by atoms with Crippen LogP contribution in [0.3, 0.4) is 0 Å². The summed E-state index contributed by atoms with van der Waals surface area (Å²) in [6.45, 7) is 4.03. The zero-order valence-electron chi connectivity index (χ0n) is 12.4. The molecule has 0 aromatic heterocycles. The highest BCUT2D eigenvalue weighted by molar-refractivity contribution is 6.33. The zero-order chi connectivity index (χ0) is 16.0. The third-order valence-electron chi connectivity index (χ3n) is 3.46. The third-order valence-corrected chi connectivity index (χ3v) is 3.93. The Kier molecular flexibility index (Phi) is 6.69. The van der Waals surface area contributed by atoms with Gasteiger partial charge in [0.25, 0.3) is 0 Å². The van der Waals surface area contributed by atoms with Gasteiger partial charge in [-0.05, 0) is 42.9 Å². The minimum Gasteiger partial charge on any atom is -0.478 e. The monoisotopic (exact) mass is 312 g/mol. The van der Waals surface area contributed by atoms with E-state index in [4.69, 9.17) is 11.6 Å². The molecule has 1 rings (SSSR count). The van der Waals surface area contributed by atoms with Crippen LogP contribution in [0.1, 0.15) is 71.4 Å². The molecule has 21 heavy (non-hydrogen) atoms. The SMILES string of the molecule is CCCCc1cc(C(=O)O)c(C(=O)O)c(CCCC)c1Cl. The summed E-state index contributed by atoms with van der Waals surface area (Å²) in [5.74, 6) is -2.46. The van der Waals surface area contributed by atoms with Crippen molar-refractivity contribution in [1.29, 1.82) is 0 Å². The fourth-order valence-corrected chi connectivity index (χ4v) is 2.66. The first kappa shape index (κ1) is 17.5. The molecule has 116 valence electrons. The van der Waals surface area contributed by atoms with Crippen LogP contribution >= 0.6 is 11.6 Å². The summed E-state index contributed by atoms with van der Waals surface area (Å²) in [5.41, 5.74) is 0.856. The zero-order valence-corrected chi connectivity index (χ0v) is 13.2. The van der Waals surface area contributed by atoms with E-state index in [2.05, 4.69) is 0 Å². The number of halogens is 1.